The molecule has 0 spiro atoms. The van der Waals surface area contributed by atoms with Gasteiger partial charge in [-0.1, -0.05) is 42.5 Å². The number of nitrogens with one attached hydrogen (secondary N) is 1. The Kier molecular flexibility index (Phi) is 7.65. The van der Waals surface area contributed by atoms with Crippen LogP contribution in [0.15, 0.2) is 66.7 Å². The molecular formula is C31H33FN2O3. The first-order chi connectivity index (χ1) is 17.9. The van der Waals surface area contributed by atoms with Gasteiger partial charge in [0.25, 0.3) is 0 Å². The number of piperidine rings is 1. The Morgan fingerprint density at radius 1 is 1.05 bits per heavy atom. The Hall–Kier alpha value is -3.51. The molecule has 3 aromatic rings. The number of nitrogens with zero attached hydrogens (tertiary/aromatic N) is 1. The van der Waals surface area contributed by atoms with Crippen molar-refractivity contribution in [2.75, 3.05) is 13.1 Å². The lowest BCUT2D eigenvalue weighted by molar-refractivity contribution is 0.0895. The minimum atomic E-state index is -0.532. The van der Waals surface area contributed by atoms with Gasteiger partial charge in [-0.15, -0.1) is 0 Å². The SMILES string of the molecule is Cc1ccccc1CNC(=O)Oc1ccc2c(c1)C(=O)C(CC1CCN(Cc3cccc(F)c3)CC1)C2. The van der Waals surface area contributed by atoms with E-state index in [1.165, 1.54) is 6.07 Å². The fourth-order valence-corrected chi connectivity index (χ4v) is 5.59. The van der Waals surface area contributed by atoms with Gasteiger partial charge in [0.15, 0.2) is 5.78 Å². The summed E-state index contributed by atoms with van der Waals surface area (Å²) >= 11 is 0. The molecule has 0 saturated carbocycles. The van der Waals surface area contributed by atoms with Gasteiger partial charge in [-0.05, 0) is 98.1 Å². The van der Waals surface area contributed by atoms with Crippen LogP contribution in [0.4, 0.5) is 9.18 Å². The van der Waals surface area contributed by atoms with Crippen molar-refractivity contribution >= 4 is 11.9 Å². The first kappa shape index (κ1) is 25.2. The summed E-state index contributed by atoms with van der Waals surface area (Å²) < 4.78 is 19.0. The molecule has 3 aromatic carbocycles. The zero-order valence-electron chi connectivity index (χ0n) is 21.2. The van der Waals surface area contributed by atoms with Crippen LogP contribution >= 0.6 is 0 Å². The molecule has 1 fully saturated rings. The summed E-state index contributed by atoms with van der Waals surface area (Å²) in [5, 5.41) is 2.78. The van der Waals surface area contributed by atoms with Gasteiger partial charge in [0.05, 0.1) is 0 Å². The lowest BCUT2D eigenvalue weighted by atomic mass is 9.85. The molecule has 1 aliphatic heterocycles. The highest BCUT2D eigenvalue weighted by molar-refractivity contribution is 6.02. The van der Waals surface area contributed by atoms with Crippen LogP contribution in [0.25, 0.3) is 0 Å². The monoisotopic (exact) mass is 500 g/mol. The van der Waals surface area contributed by atoms with Crippen LogP contribution in [0.5, 0.6) is 5.75 Å². The maximum Gasteiger partial charge on any atom is 0.412 e. The molecule has 6 heteroatoms. The second-order valence-electron chi connectivity index (χ2n) is 10.3. The number of hydrogen-bond donors (Lipinski definition) is 1. The van der Waals surface area contributed by atoms with Crippen molar-refractivity contribution < 1.29 is 18.7 Å². The minimum absolute atomic E-state index is 0.0140. The summed E-state index contributed by atoms with van der Waals surface area (Å²) in [6.07, 6.45) is 3.19. The van der Waals surface area contributed by atoms with E-state index in [0.717, 1.165) is 67.6 Å². The number of aryl methyl sites for hydroxylation is 1. The molecule has 0 aromatic heterocycles. The van der Waals surface area contributed by atoms with E-state index in [1.54, 1.807) is 24.3 Å². The third kappa shape index (κ3) is 6.25. The van der Waals surface area contributed by atoms with Gasteiger partial charge in [-0.25, -0.2) is 9.18 Å². The number of likely N-dealkylation sites (tertiary alicyclic amines) is 1. The van der Waals surface area contributed by atoms with E-state index in [2.05, 4.69) is 10.2 Å². The minimum Gasteiger partial charge on any atom is -0.410 e. The fraction of sp³-hybridized carbons (Fsp3) is 0.355. The largest absolute Gasteiger partial charge is 0.412 e. The molecule has 37 heavy (non-hydrogen) atoms. The quantitative estimate of drug-likeness (QED) is 0.427. The van der Waals surface area contributed by atoms with Crippen LogP contribution in [-0.2, 0) is 19.5 Å². The molecule has 1 saturated heterocycles. The predicted molar refractivity (Wildman–Crippen MR) is 141 cm³/mol. The number of benzene rings is 3. The van der Waals surface area contributed by atoms with Gasteiger partial charge in [0, 0.05) is 24.6 Å². The molecule has 1 amide bonds. The van der Waals surface area contributed by atoms with Crippen molar-refractivity contribution in [2.24, 2.45) is 11.8 Å². The molecule has 192 valence electrons. The average Bonchev–Trinajstić information content (AvgIpc) is 3.19. The van der Waals surface area contributed by atoms with E-state index in [-0.39, 0.29) is 17.5 Å². The highest BCUT2D eigenvalue weighted by atomic mass is 19.1. The zero-order chi connectivity index (χ0) is 25.8. The van der Waals surface area contributed by atoms with Crippen molar-refractivity contribution in [1.82, 2.24) is 10.2 Å². The van der Waals surface area contributed by atoms with Crippen LogP contribution < -0.4 is 10.1 Å². The average molecular weight is 501 g/mol. The molecule has 1 heterocycles. The number of ether oxygens (including phenoxy) is 1. The van der Waals surface area contributed by atoms with Crippen molar-refractivity contribution in [1.29, 1.82) is 0 Å². The number of Topliss-reactive ketones (excluding diaryl/α,β-unsaturated/α-hetero) is 1. The molecule has 1 aliphatic carbocycles. The molecule has 1 unspecified atom stereocenters. The van der Waals surface area contributed by atoms with Gasteiger partial charge >= 0.3 is 6.09 Å². The normalized spacial score (nSPS) is 18.0. The lowest BCUT2D eigenvalue weighted by Gasteiger charge is -2.33. The second kappa shape index (κ2) is 11.3. The van der Waals surface area contributed by atoms with Crippen LogP contribution in [0.1, 0.15) is 51.9 Å². The van der Waals surface area contributed by atoms with Crippen molar-refractivity contribution in [2.45, 2.75) is 45.7 Å². The number of carbonyl (C=O) groups excluding carboxylic acids is 2. The van der Waals surface area contributed by atoms with E-state index in [4.69, 9.17) is 4.74 Å². The number of amides is 1. The molecule has 0 bridgehead atoms. The van der Waals surface area contributed by atoms with Crippen LogP contribution in [0.3, 0.4) is 0 Å². The number of ketones is 1. The zero-order valence-corrected chi connectivity index (χ0v) is 21.2. The highest BCUT2D eigenvalue weighted by Crippen LogP contribution is 2.35. The topological polar surface area (TPSA) is 58.6 Å². The fourth-order valence-electron chi connectivity index (χ4n) is 5.59. The van der Waals surface area contributed by atoms with E-state index in [9.17, 15) is 14.0 Å². The summed E-state index contributed by atoms with van der Waals surface area (Å²) in [6, 6.07) is 20.1. The molecule has 5 rings (SSSR count). The maximum absolute atomic E-state index is 13.5. The summed E-state index contributed by atoms with van der Waals surface area (Å²) in [5.41, 5.74) is 4.85. The van der Waals surface area contributed by atoms with Gasteiger partial charge in [-0.3, -0.25) is 9.69 Å². The number of halogens is 1. The van der Waals surface area contributed by atoms with Crippen molar-refractivity contribution in [3.05, 3.63) is 100 Å². The Labute approximate surface area is 217 Å². The Morgan fingerprint density at radius 3 is 2.65 bits per heavy atom. The van der Waals surface area contributed by atoms with Crippen LogP contribution in [0, 0.1) is 24.6 Å². The third-order valence-electron chi connectivity index (χ3n) is 7.70. The molecular weight excluding hydrogens is 467 g/mol. The third-order valence-corrected chi connectivity index (χ3v) is 7.70. The van der Waals surface area contributed by atoms with Gasteiger partial charge < -0.3 is 10.1 Å². The smallest absolute Gasteiger partial charge is 0.410 e. The first-order valence-corrected chi connectivity index (χ1v) is 13.1. The van der Waals surface area contributed by atoms with Crippen molar-refractivity contribution in [3.63, 3.8) is 0 Å². The summed E-state index contributed by atoms with van der Waals surface area (Å²) in [6.45, 7) is 5.08. The van der Waals surface area contributed by atoms with Gasteiger partial charge in [0.2, 0.25) is 0 Å². The summed E-state index contributed by atoms with van der Waals surface area (Å²) in [4.78, 5) is 27.9. The standard InChI is InChI=1S/C31H33FN2O3/c1-21-5-2-3-7-25(21)19-33-31(36)37-28-10-9-24-17-26(30(35)29(24)18-28)15-22-11-13-34(14-12-22)20-23-6-4-8-27(32)16-23/h2-10,16,18,22,26H,11-15,17,19-20H2,1H3,(H,33,36). The van der Waals surface area contributed by atoms with E-state index in [1.807, 2.05) is 43.3 Å². The number of carbonyl (C=O) groups is 2. The Balaban J connectivity index is 1.11. The van der Waals surface area contributed by atoms with E-state index < -0.39 is 6.09 Å². The van der Waals surface area contributed by atoms with Crippen LogP contribution in [-0.4, -0.2) is 29.9 Å². The molecule has 5 nitrogen and oxygen atoms in total. The number of fused-ring (bicyclic) bond motifs is 1. The maximum atomic E-state index is 13.5. The number of hydrogen-bond acceptors (Lipinski definition) is 4. The van der Waals surface area contributed by atoms with Gasteiger partial charge in [-0.2, -0.15) is 0 Å². The summed E-state index contributed by atoms with van der Waals surface area (Å²) in [5.74, 6) is 0.849. The summed E-state index contributed by atoms with van der Waals surface area (Å²) in [7, 11) is 0. The van der Waals surface area contributed by atoms with E-state index >= 15 is 0 Å². The Bertz CT molecular complexity index is 1280. The molecule has 2 aliphatic rings. The Morgan fingerprint density at radius 2 is 1.86 bits per heavy atom. The lowest BCUT2D eigenvalue weighted by Crippen LogP contribution is -2.34. The highest BCUT2D eigenvalue weighted by Gasteiger charge is 2.33. The predicted octanol–water partition coefficient (Wildman–Crippen LogP) is 6.08. The first-order valence-electron chi connectivity index (χ1n) is 13.1. The van der Waals surface area contributed by atoms with Crippen LogP contribution in [0.2, 0.25) is 0 Å². The van der Waals surface area contributed by atoms with E-state index in [0.29, 0.717) is 23.8 Å². The van der Waals surface area contributed by atoms with Crippen molar-refractivity contribution in [3.8, 4) is 5.75 Å². The van der Waals surface area contributed by atoms with Gasteiger partial charge in [0.1, 0.15) is 11.6 Å². The number of rotatable bonds is 7. The molecule has 1 N–H and O–H groups in total. The second-order valence-corrected chi connectivity index (χ2v) is 10.3. The molecule has 1 atom stereocenters. The molecule has 0 radical (unpaired) electrons.